The second-order valence-corrected chi connectivity index (χ2v) is 1.87. The van der Waals surface area contributed by atoms with Gasteiger partial charge in [0.1, 0.15) is 6.04 Å². The zero-order valence-electron chi connectivity index (χ0n) is 5.77. The SMILES string of the molecule is CC(C#N)NOCC(F)(F)F. The van der Waals surface area contributed by atoms with Gasteiger partial charge in [-0.3, -0.25) is 4.84 Å². The van der Waals surface area contributed by atoms with Crippen LogP contribution in [0.4, 0.5) is 13.2 Å². The molecule has 0 spiro atoms. The molecule has 0 amide bonds. The molecule has 6 heteroatoms. The molecule has 0 fully saturated rings. The molecule has 0 radical (unpaired) electrons. The Bertz CT molecular complexity index is 151. The van der Waals surface area contributed by atoms with Crippen molar-refractivity contribution < 1.29 is 18.0 Å². The predicted molar refractivity (Wildman–Crippen MR) is 30.2 cm³/mol. The lowest BCUT2D eigenvalue weighted by atomic mass is 10.4. The van der Waals surface area contributed by atoms with Gasteiger partial charge in [-0.15, -0.1) is 0 Å². The minimum absolute atomic E-state index is 0.739. The summed E-state index contributed by atoms with van der Waals surface area (Å²) >= 11 is 0. The maximum Gasteiger partial charge on any atom is 0.413 e. The first-order valence-electron chi connectivity index (χ1n) is 2.79. The number of hydrogen-bond donors (Lipinski definition) is 1. The summed E-state index contributed by atoms with van der Waals surface area (Å²) in [6, 6.07) is 0.909. The van der Waals surface area contributed by atoms with Crippen LogP contribution in [0.5, 0.6) is 0 Å². The van der Waals surface area contributed by atoms with E-state index in [2.05, 4.69) is 4.84 Å². The molecule has 1 N–H and O–H groups in total. The first kappa shape index (κ1) is 10.2. The molecule has 0 aromatic rings. The minimum Gasteiger partial charge on any atom is -0.291 e. The van der Waals surface area contributed by atoms with Gasteiger partial charge in [-0.1, -0.05) is 0 Å². The maximum atomic E-state index is 11.4. The van der Waals surface area contributed by atoms with Crippen molar-refractivity contribution in [1.82, 2.24) is 5.48 Å². The molecular formula is C5H7F3N2O. The Morgan fingerprint density at radius 2 is 2.18 bits per heavy atom. The van der Waals surface area contributed by atoms with Crippen LogP contribution in [0.3, 0.4) is 0 Å². The van der Waals surface area contributed by atoms with Crippen LogP contribution in [0.15, 0.2) is 0 Å². The molecule has 0 aromatic heterocycles. The van der Waals surface area contributed by atoms with Crippen LogP contribution in [0.25, 0.3) is 0 Å². The summed E-state index contributed by atoms with van der Waals surface area (Å²) in [4.78, 5) is 3.95. The second-order valence-electron chi connectivity index (χ2n) is 1.87. The van der Waals surface area contributed by atoms with Crippen molar-refractivity contribution in [2.24, 2.45) is 0 Å². The van der Waals surface area contributed by atoms with Gasteiger partial charge in [-0.25, -0.2) is 0 Å². The number of alkyl halides is 3. The highest BCUT2D eigenvalue weighted by Gasteiger charge is 2.27. The fraction of sp³-hybridized carbons (Fsp3) is 0.800. The third-order valence-electron chi connectivity index (χ3n) is 0.690. The summed E-state index contributed by atoms with van der Waals surface area (Å²) in [7, 11) is 0. The van der Waals surface area contributed by atoms with E-state index in [0.29, 0.717) is 0 Å². The van der Waals surface area contributed by atoms with Gasteiger partial charge in [0.25, 0.3) is 0 Å². The highest BCUT2D eigenvalue weighted by molar-refractivity contribution is 4.82. The Morgan fingerprint density at radius 1 is 1.64 bits per heavy atom. The summed E-state index contributed by atoms with van der Waals surface area (Å²) in [5, 5.41) is 8.09. The molecule has 0 aromatic carbocycles. The molecule has 0 aliphatic heterocycles. The van der Waals surface area contributed by atoms with Crippen LogP contribution >= 0.6 is 0 Å². The second kappa shape index (κ2) is 4.16. The Kier molecular flexibility index (Phi) is 3.85. The molecule has 64 valence electrons. The third kappa shape index (κ3) is 7.09. The predicted octanol–water partition coefficient (Wildman–Crippen LogP) is 0.982. The molecular weight excluding hydrogens is 161 g/mol. The van der Waals surface area contributed by atoms with Crippen molar-refractivity contribution >= 4 is 0 Å². The Morgan fingerprint density at radius 3 is 2.55 bits per heavy atom. The number of halogens is 3. The van der Waals surface area contributed by atoms with E-state index in [-0.39, 0.29) is 0 Å². The van der Waals surface area contributed by atoms with Crippen LogP contribution in [0.2, 0.25) is 0 Å². The molecule has 0 saturated heterocycles. The van der Waals surface area contributed by atoms with Gasteiger partial charge in [0.05, 0.1) is 6.07 Å². The monoisotopic (exact) mass is 168 g/mol. The van der Waals surface area contributed by atoms with Crippen molar-refractivity contribution in [2.45, 2.75) is 19.1 Å². The van der Waals surface area contributed by atoms with Crippen molar-refractivity contribution in [3.05, 3.63) is 0 Å². The maximum absolute atomic E-state index is 11.4. The number of nitrogens with zero attached hydrogens (tertiary/aromatic N) is 1. The first-order chi connectivity index (χ1) is 4.95. The van der Waals surface area contributed by atoms with Crippen molar-refractivity contribution in [1.29, 1.82) is 5.26 Å². The van der Waals surface area contributed by atoms with E-state index in [1.165, 1.54) is 6.92 Å². The van der Waals surface area contributed by atoms with Crippen LogP contribution in [0.1, 0.15) is 6.92 Å². The van der Waals surface area contributed by atoms with Gasteiger partial charge in [-0.05, 0) is 6.92 Å². The fourth-order valence-electron chi connectivity index (χ4n) is 0.275. The summed E-state index contributed by atoms with van der Waals surface area (Å²) in [5.41, 5.74) is 1.91. The van der Waals surface area contributed by atoms with Gasteiger partial charge >= 0.3 is 6.18 Å². The third-order valence-corrected chi connectivity index (χ3v) is 0.690. The summed E-state index contributed by atoms with van der Waals surface area (Å²) in [6.45, 7) is -0.00457. The van der Waals surface area contributed by atoms with Crippen molar-refractivity contribution in [2.75, 3.05) is 6.61 Å². The van der Waals surface area contributed by atoms with Gasteiger partial charge in [-0.2, -0.15) is 23.9 Å². The lowest BCUT2D eigenvalue weighted by Gasteiger charge is -2.08. The van der Waals surface area contributed by atoms with E-state index in [0.717, 1.165) is 0 Å². The van der Waals surface area contributed by atoms with Crippen LogP contribution < -0.4 is 5.48 Å². The zero-order valence-corrected chi connectivity index (χ0v) is 5.77. The topological polar surface area (TPSA) is 45.0 Å². The minimum atomic E-state index is -4.36. The van der Waals surface area contributed by atoms with Crippen molar-refractivity contribution in [3.8, 4) is 6.07 Å². The number of hydrogen-bond acceptors (Lipinski definition) is 3. The number of nitriles is 1. The van der Waals surface area contributed by atoms with E-state index < -0.39 is 18.8 Å². The zero-order chi connectivity index (χ0) is 8.91. The fourth-order valence-corrected chi connectivity index (χ4v) is 0.275. The summed E-state index contributed by atoms with van der Waals surface area (Å²) in [6.07, 6.45) is -4.36. The molecule has 0 aliphatic rings. The number of rotatable bonds is 3. The first-order valence-corrected chi connectivity index (χ1v) is 2.79. The summed E-state index contributed by atoms with van der Waals surface area (Å²) in [5.74, 6) is 0. The summed E-state index contributed by atoms with van der Waals surface area (Å²) < 4.78 is 34.1. The molecule has 0 aliphatic carbocycles. The largest absolute Gasteiger partial charge is 0.413 e. The standard InChI is InChI=1S/C5H7F3N2O/c1-4(2-9)10-11-3-5(6,7)8/h4,10H,3H2,1H3. The van der Waals surface area contributed by atoms with Gasteiger partial charge in [0, 0.05) is 0 Å². The lowest BCUT2D eigenvalue weighted by Crippen LogP contribution is -2.30. The molecule has 0 rings (SSSR count). The Balaban J connectivity index is 3.37. The molecule has 11 heavy (non-hydrogen) atoms. The van der Waals surface area contributed by atoms with E-state index in [1.54, 1.807) is 6.07 Å². The van der Waals surface area contributed by atoms with Gasteiger partial charge < -0.3 is 0 Å². The van der Waals surface area contributed by atoms with Crippen LogP contribution in [-0.4, -0.2) is 18.8 Å². The molecule has 3 nitrogen and oxygen atoms in total. The van der Waals surface area contributed by atoms with Gasteiger partial charge in [0.2, 0.25) is 0 Å². The van der Waals surface area contributed by atoms with Crippen LogP contribution in [-0.2, 0) is 4.84 Å². The van der Waals surface area contributed by atoms with Crippen molar-refractivity contribution in [3.63, 3.8) is 0 Å². The quantitative estimate of drug-likeness (QED) is 0.639. The molecule has 1 atom stereocenters. The van der Waals surface area contributed by atoms with Gasteiger partial charge in [0.15, 0.2) is 6.61 Å². The molecule has 1 unspecified atom stereocenters. The highest BCUT2D eigenvalue weighted by Crippen LogP contribution is 2.13. The Hall–Kier alpha value is -0.800. The van der Waals surface area contributed by atoms with E-state index >= 15 is 0 Å². The van der Waals surface area contributed by atoms with E-state index in [9.17, 15) is 13.2 Å². The molecule has 0 bridgehead atoms. The average molecular weight is 168 g/mol. The molecule has 0 saturated carbocycles. The Labute approximate surface area is 61.7 Å². The number of nitrogens with one attached hydrogen (secondary N) is 1. The van der Waals surface area contributed by atoms with E-state index in [1.807, 2.05) is 5.48 Å². The van der Waals surface area contributed by atoms with E-state index in [4.69, 9.17) is 5.26 Å². The lowest BCUT2D eigenvalue weighted by molar-refractivity contribution is -0.190. The molecule has 0 heterocycles. The highest BCUT2D eigenvalue weighted by atomic mass is 19.4. The smallest absolute Gasteiger partial charge is 0.291 e. The normalized spacial score (nSPS) is 14.1. The average Bonchev–Trinajstić information content (AvgIpc) is 1.85. The van der Waals surface area contributed by atoms with Crippen LogP contribution in [0, 0.1) is 11.3 Å². The number of hydroxylamine groups is 1.